The molecule has 8 heteroatoms. The largest absolute Gasteiger partial charge is 0.505 e. The lowest BCUT2D eigenvalue weighted by Crippen LogP contribution is -2.49. The van der Waals surface area contributed by atoms with Crippen LogP contribution in [-0.2, 0) is 9.53 Å². The number of Topliss-reactive ketones (excluding diaryl/α,β-unsaturated/α-hetero) is 1. The van der Waals surface area contributed by atoms with Crippen LogP contribution < -0.4 is 10.6 Å². The first kappa shape index (κ1) is 19.7. The molecule has 1 aromatic rings. The van der Waals surface area contributed by atoms with Crippen LogP contribution in [0.2, 0.25) is 0 Å². The summed E-state index contributed by atoms with van der Waals surface area (Å²) in [5, 5.41) is 26.3. The van der Waals surface area contributed by atoms with E-state index in [4.69, 9.17) is 4.74 Å². The molecule has 0 saturated carbocycles. The van der Waals surface area contributed by atoms with Gasteiger partial charge in [0.15, 0.2) is 11.9 Å². The number of rotatable bonds is 8. The number of aliphatic hydroxyl groups is 1. The summed E-state index contributed by atoms with van der Waals surface area (Å²) < 4.78 is 5.11. The molecule has 0 aromatic heterocycles. The molecule has 26 heavy (non-hydrogen) atoms. The Morgan fingerprint density at radius 1 is 1.38 bits per heavy atom. The zero-order chi connectivity index (χ0) is 19.4. The first-order valence-electron chi connectivity index (χ1n) is 8.34. The summed E-state index contributed by atoms with van der Waals surface area (Å²) in [4.78, 5) is 25.5. The van der Waals surface area contributed by atoms with E-state index in [0.717, 1.165) is 6.42 Å². The van der Waals surface area contributed by atoms with Gasteiger partial charge in [-0.15, -0.1) is 0 Å². The minimum absolute atomic E-state index is 0.0650. The first-order valence-corrected chi connectivity index (χ1v) is 8.34. The van der Waals surface area contributed by atoms with Crippen LogP contribution in [0.1, 0.15) is 23.7 Å². The Labute approximate surface area is 152 Å². The predicted molar refractivity (Wildman–Crippen MR) is 96.9 cm³/mol. The van der Waals surface area contributed by atoms with Gasteiger partial charge in [0.05, 0.1) is 23.6 Å². The van der Waals surface area contributed by atoms with Crippen molar-refractivity contribution >= 4 is 17.4 Å². The summed E-state index contributed by atoms with van der Waals surface area (Å²) in [5.41, 5.74) is 0.847. The highest BCUT2D eigenvalue weighted by molar-refractivity contribution is 6.11. The van der Waals surface area contributed by atoms with Crippen LogP contribution in [-0.4, -0.2) is 66.8 Å². The average Bonchev–Trinajstić information content (AvgIpc) is 2.63. The minimum atomic E-state index is -1.24. The number of phenolic OH excluding ortho intramolecular Hbond substituents is 1. The van der Waals surface area contributed by atoms with Crippen molar-refractivity contribution in [3.8, 4) is 5.75 Å². The van der Waals surface area contributed by atoms with E-state index in [2.05, 4.69) is 10.6 Å². The zero-order valence-corrected chi connectivity index (χ0v) is 15.4. The molecule has 1 aliphatic rings. The normalized spacial score (nSPS) is 17.6. The third-order valence-electron chi connectivity index (χ3n) is 4.19. The number of nitrogens with zero attached hydrogens (tertiary/aromatic N) is 1. The molecule has 0 spiro atoms. The van der Waals surface area contributed by atoms with Crippen molar-refractivity contribution < 1.29 is 24.5 Å². The van der Waals surface area contributed by atoms with Crippen molar-refractivity contribution in [1.82, 2.24) is 10.2 Å². The number of phenols is 1. The van der Waals surface area contributed by atoms with E-state index in [1.807, 2.05) is 6.92 Å². The first-order chi connectivity index (χ1) is 12.3. The Hall–Kier alpha value is -2.58. The van der Waals surface area contributed by atoms with Crippen LogP contribution in [0, 0.1) is 0 Å². The molecular weight excluding hydrogens is 338 g/mol. The molecule has 0 fully saturated rings. The van der Waals surface area contributed by atoms with E-state index in [-0.39, 0.29) is 34.6 Å². The Morgan fingerprint density at radius 2 is 2.08 bits per heavy atom. The second kappa shape index (κ2) is 8.20. The molecule has 0 bridgehead atoms. The van der Waals surface area contributed by atoms with Crippen LogP contribution in [0.5, 0.6) is 5.75 Å². The maximum Gasteiger partial charge on any atom is 0.257 e. The fraction of sp³-hybridized carbons (Fsp3) is 0.444. The Kier molecular flexibility index (Phi) is 6.23. The van der Waals surface area contributed by atoms with Crippen molar-refractivity contribution in [2.45, 2.75) is 25.5 Å². The van der Waals surface area contributed by atoms with Crippen LogP contribution in [0.4, 0.5) is 5.69 Å². The summed E-state index contributed by atoms with van der Waals surface area (Å²) in [6.07, 6.45) is -0.499. The van der Waals surface area contributed by atoms with Gasteiger partial charge in [0.25, 0.3) is 5.91 Å². The molecule has 2 rings (SSSR count). The SMILES string of the molecule is CC[C@@H](COC)NC1=C(Nc2cccc(C(=O)N(C)C)c2O)C(=O)C1O. The lowest BCUT2D eigenvalue weighted by molar-refractivity contribution is -0.124. The molecule has 1 unspecified atom stereocenters. The number of methoxy groups -OCH3 is 1. The third-order valence-corrected chi connectivity index (χ3v) is 4.19. The second-order valence-electron chi connectivity index (χ2n) is 6.29. The Morgan fingerprint density at radius 3 is 2.65 bits per heavy atom. The van der Waals surface area contributed by atoms with Gasteiger partial charge < -0.3 is 30.5 Å². The van der Waals surface area contributed by atoms with E-state index in [1.54, 1.807) is 33.3 Å². The summed E-state index contributed by atoms with van der Waals surface area (Å²) >= 11 is 0. The van der Waals surface area contributed by atoms with E-state index in [1.165, 1.54) is 11.0 Å². The van der Waals surface area contributed by atoms with Gasteiger partial charge in [-0.3, -0.25) is 9.59 Å². The summed E-state index contributed by atoms with van der Waals surface area (Å²) in [7, 11) is 4.74. The molecule has 0 radical (unpaired) electrons. The van der Waals surface area contributed by atoms with Gasteiger partial charge in [0.1, 0.15) is 5.70 Å². The molecule has 0 aliphatic heterocycles. The number of hydrogen-bond acceptors (Lipinski definition) is 7. The highest BCUT2D eigenvalue weighted by atomic mass is 16.5. The molecular formula is C18H25N3O5. The maximum atomic E-state index is 12.1. The number of anilines is 1. The van der Waals surface area contributed by atoms with Crippen molar-refractivity contribution in [3.63, 3.8) is 0 Å². The predicted octanol–water partition coefficient (Wildman–Crippen LogP) is 0.676. The number of ether oxygens (including phenoxy) is 1. The van der Waals surface area contributed by atoms with Crippen molar-refractivity contribution in [2.75, 3.05) is 33.1 Å². The Balaban J connectivity index is 2.29. The lowest BCUT2D eigenvalue weighted by atomic mass is 9.93. The van der Waals surface area contributed by atoms with E-state index >= 15 is 0 Å². The van der Waals surface area contributed by atoms with Crippen LogP contribution in [0.15, 0.2) is 29.6 Å². The van der Waals surface area contributed by atoms with Gasteiger partial charge in [0.2, 0.25) is 5.78 Å². The van der Waals surface area contributed by atoms with E-state index in [0.29, 0.717) is 12.3 Å². The lowest BCUT2D eigenvalue weighted by Gasteiger charge is -2.32. The second-order valence-corrected chi connectivity index (χ2v) is 6.29. The summed E-state index contributed by atoms with van der Waals surface area (Å²) in [6, 6.07) is 4.59. The number of carbonyl (C=O) groups is 2. The monoisotopic (exact) mass is 363 g/mol. The van der Waals surface area contributed by atoms with Gasteiger partial charge >= 0.3 is 0 Å². The van der Waals surface area contributed by atoms with Crippen molar-refractivity contribution in [2.24, 2.45) is 0 Å². The standard InChI is InChI=1S/C18H25N3O5/c1-5-10(9-26-4)19-13-14(17(24)16(13)23)20-12-8-6-7-11(15(12)22)18(25)21(2)3/h6-8,10,16,19-20,22-23H,5,9H2,1-4H3/t10-,16?/m0/s1. The highest BCUT2D eigenvalue weighted by Crippen LogP contribution is 2.32. The Bertz CT molecular complexity index is 730. The maximum absolute atomic E-state index is 12.1. The van der Waals surface area contributed by atoms with Gasteiger partial charge in [-0.05, 0) is 18.6 Å². The molecule has 0 saturated heterocycles. The van der Waals surface area contributed by atoms with Gasteiger partial charge in [-0.25, -0.2) is 0 Å². The number of nitrogens with one attached hydrogen (secondary N) is 2. The summed E-state index contributed by atoms with van der Waals surface area (Å²) in [5.74, 6) is -1.09. The van der Waals surface area contributed by atoms with E-state index < -0.39 is 11.9 Å². The number of aliphatic hydroxyl groups excluding tert-OH is 1. The molecule has 1 aromatic carbocycles. The molecule has 4 N–H and O–H groups in total. The zero-order valence-electron chi connectivity index (χ0n) is 15.4. The average molecular weight is 363 g/mol. The molecule has 142 valence electrons. The number of ketones is 1. The van der Waals surface area contributed by atoms with Gasteiger partial charge in [0, 0.05) is 27.2 Å². The quantitative estimate of drug-likeness (QED) is 0.503. The highest BCUT2D eigenvalue weighted by Gasteiger charge is 2.39. The fourth-order valence-corrected chi connectivity index (χ4v) is 2.61. The van der Waals surface area contributed by atoms with Gasteiger partial charge in [-0.1, -0.05) is 13.0 Å². The van der Waals surface area contributed by atoms with Gasteiger partial charge in [-0.2, -0.15) is 0 Å². The molecule has 2 atom stereocenters. The van der Waals surface area contributed by atoms with Crippen LogP contribution in [0.3, 0.4) is 0 Å². The summed E-state index contributed by atoms with van der Waals surface area (Å²) in [6.45, 7) is 2.38. The number of benzene rings is 1. The van der Waals surface area contributed by atoms with Crippen molar-refractivity contribution in [1.29, 1.82) is 0 Å². The number of para-hydroxylation sites is 1. The topological polar surface area (TPSA) is 111 Å². The smallest absolute Gasteiger partial charge is 0.257 e. The van der Waals surface area contributed by atoms with Crippen LogP contribution >= 0.6 is 0 Å². The molecule has 0 heterocycles. The minimum Gasteiger partial charge on any atom is -0.505 e. The fourth-order valence-electron chi connectivity index (χ4n) is 2.61. The van der Waals surface area contributed by atoms with E-state index in [9.17, 15) is 19.8 Å². The third kappa shape index (κ3) is 3.81. The number of hydrogen-bond donors (Lipinski definition) is 4. The number of carbonyl (C=O) groups excluding carboxylic acids is 2. The number of amides is 1. The molecule has 8 nitrogen and oxygen atoms in total. The molecule has 1 aliphatic carbocycles. The van der Waals surface area contributed by atoms with Crippen LogP contribution in [0.25, 0.3) is 0 Å². The number of aromatic hydroxyl groups is 1. The molecule has 1 amide bonds. The van der Waals surface area contributed by atoms with Crippen molar-refractivity contribution in [3.05, 3.63) is 35.2 Å².